The van der Waals surface area contributed by atoms with Gasteiger partial charge in [0.1, 0.15) is 0 Å². The third-order valence-corrected chi connectivity index (χ3v) is 6.23. The molecule has 0 unspecified atom stereocenters. The Balaban J connectivity index is 1.66. The minimum atomic E-state index is -0.00459. The first kappa shape index (κ1) is 12.2. The molecule has 1 amide bonds. The Morgan fingerprint density at radius 3 is 2.16 bits per heavy atom. The van der Waals surface area contributed by atoms with Crippen molar-refractivity contribution in [3.8, 4) is 0 Å². The molecule has 5 fully saturated rings. The monoisotopic (exact) mass is 262 g/mol. The fourth-order valence-electron chi connectivity index (χ4n) is 5.87. The summed E-state index contributed by atoms with van der Waals surface area (Å²) in [4.78, 5) is 14.8. The highest BCUT2D eigenvalue weighted by molar-refractivity contribution is 5.80. The van der Waals surface area contributed by atoms with Crippen molar-refractivity contribution in [2.45, 2.75) is 57.5 Å². The molecule has 5 aliphatic rings. The average molecular weight is 262 g/mol. The first-order valence-electron chi connectivity index (χ1n) is 8.07. The summed E-state index contributed by atoms with van der Waals surface area (Å²) in [6, 6.07) is 0.553. The molecule has 1 aliphatic heterocycles. The van der Waals surface area contributed by atoms with Crippen LogP contribution in [0.25, 0.3) is 0 Å². The first-order chi connectivity index (χ1) is 9.04. The lowest BCUT2D eigenvalue weighted by atomic mass is 9.53. The van der Waals surface area contributed by atoms with Gasteiger partial charge in [0.2, 0.25) is 5.91 Å². The van der Waals surface area contributed by atoms with E-state index in [1.165, 1.54) is 32.1 Å². The number of piperazine rings is 1. The van der Waals surface area contributed by atoms with Gasteiger partial charge in [-0.1, -0.05) is 0 Å². The van der Waals surface area contributed by atoms with E-state index in [2.05, 4.69) is 24.1 Å². The number of hydrogen-bond donors (Lipinski definition) is 1. The van der Waals surface area contributed by atoms with Gasteiger partial charge in [0, 0.05) is 12.6 Å². The van der Waals surface area contributed by atoms with E-state index in [0.29, 0.717) is 18.5 Å². The van der Waals surface area contributed by atoms with E-state index in [-0.39, 0.29) is 5.54 Å². The van der Waals surface area contributed by atoms with Crippen molar-refractivity contribution in [3.63, 3.8) is 0 Å². The molecule has 5 rings (SSSR count). The molecule has 4 saturated carbocycles. The molecule has 19 heavy (non-hydrogen) atoms. The third-order valence-electron chi connectivity index (χ3n) is 6.23. The summed E-state index contributed by atoms with van der Waals surface area (Å²) < 4.78 is 0. The smallest absolute Gasteiger partial charge is 0.237 e. The minimum absolute atomic E-state index is 0.00459. The molecule has 0 aromatic heterocycles. The van der Waals surface area contributed by atoms with E-state index < -0.39 is 0 Å². The average Bonchev–Trinajstić information content (AvgIpc) is 2.30. The van der Waals surface area contributed by atoms with Crippen LogP contribution in [0.4, 0.5) is 0 Å². The van der Waals surface area contributed by atoms with E-state index in [1.807, 2.05) is 0 Å². The van der Waals surface area contributed by atoms with Gasteiger partial charge in [-0.3, -0.25) is 4.79 Å². The van der Waals surface area contributed by atoms with E-state index in [4.69, 9.17) is 0 Å². The molecule has 106 valence electrons. The van der Waals surface area contributed by atoms with Crippen LogP contribution in [-0.4, -0.2) is 35.5 Å². The van der Waals surface area contributed by atoms with Gasteiger partial charge in [0.05, 0.1) is 12.1 Å². The second-order valence-corrected chi connectivity index (χ2v) is 8.10. The van der Waals surface area contributed by atoms with Gasteiger partial charge in [0.15, 0.2) is 0 Å². The largest absolute Gasteiger partial charge is 0.332 e. The Hall–Kier alpha value is -0.570. The molecule has 1 saturated heterocycles. The van der Waals surface area contributed by atoms with Crippen molar-refractivity contribution >= 4 is 5.91 Å². The third kappa shape index (κ3) is 1.77. The lowest BCUT2D eigenvalue weighted by Crippen LogP contribution is -2.69. The maximum Gasteiger partial charge on any atom is 0.237 e. The van der Waals surface area contributed by atoms with Crippen molar-refractivity contribution in [2.75, 3.05) is 13.1 Å². The normalized spacial score (nSPS) is 47.8. The lowest BCUT2D eigenvalue weighted by molar-refractivity contribution is -0.157. The van der Waals surface area contributed by atoms with Crippen molar-refractivity contribution in [2.24, 2.45) is 23.7 Å². The zero-order chi connectivity index (χ0) is 13.2. The predicted molar refractivity (Wildman–Crippen MR) is 74.6 cm³/mol. The summed E-state index contributed by atoms with van der Waals surface area (Å²) in [6.07, 6.45) is 7.06. The van der Waals surface area contributed by atoms with E-state index in [0.717, 1.165) is 30.2 Å². The second-order valence-electron chi connectivity index (χ2n) is 8.10. The van der Waals surface area contributed by atoms with Gasteiger partial charge in [-0.2, -0.15) is 0 Å². The quantitative estimate of drug-likeness (QED) is 0.784. The Kier molecular flexibility index (Phi) is 2.55. The van der Waals surface area contributed by atoms with Crippen molar-refractivity contribution in [1.82, 2.24) is 10.2 Å². The molecule has 0 radical (unpaired) electrons. The Labute approximate surface area is 116 Å². The highest BCUT2D eigenvalue weighted by Gasteiger charge is 2.53. The van der Waals surface area contributed by atoms with Crippen molar-refractivity contribution in [3.05, 3.63) is 0 Å². The van der Waals surface area contributed by atoms with Gasteiger partial charge < -0.3 is 10.2 Å². The second kappa shape index (κ2) is 3.97. The molecule has 4 bridgehead atoms. The van der Waals surface area contributed by atoms with Crippen LogP contribution in [-0.2, 0) is 4.79 Å². The summed E-state index contributed by atoms with van der Waals surface area (Å²) in [5.41, 5.74) is -0.00459. The fraction of sp³-hybridized carbons (Fsp3) is 0.938. The molecule has 1 heterocycles. The van der Waals surface area contributed by atoms with Gasteiger partial charge >= 0.3 is 0 Å². The Bertz CT molecular complexity index is 376. The zero-order valence-electron chi connectivity index (χ0n) is 12.2. The molecule has 0 spiro atoms. The zero-order valence-corrected chi connectivity index (χ0v) is 12.2. The summed E-state index contributed by atoms with van der Waals surface area (Å²) in [7, 11) is 0. The minimum Gasteiger partial charge on any atom is -0.332 e. The van der Waals surface area contributed by atoms with Crippen molar-refractivity contribution in [1.29, 1.82) is 0 Å². The summed E-state index contributed by atoms with van der Waals surface area (Å²) >= 11 is 0. The number of nitrogens with zero attached hydrogens (tertiary/aromatic N) is 1. The summed E-state index contributed by atoms with van der Waals surface area (Å²) in [6.45, 7) is 5.97. The van der Waals surface area contributed by atoms with Gasteiger partial charge in [-0.15, -0.1) is 0 Å². The van der Waals surface area contributed by atoms with Crippen LogP contribution in [0.2, 0.25) is 0 Å². The molecule has 1 N–H and O–H groups in total. The summed E-state index contributed by atoms with van der Waals surface area (Å²) in [5.74, 6) is 3.92. The standard InChI is InChI=1S/C16H26N2O/c1-16(2)9-17-8-14(19)18(16)15-12-4-10-3-11(6-12)7-13(15)5-10/h10-13,15,17H,3-9H2,1-2H3. The Morgan fingerprint density at radius 2 is 1.63 bits per heavy atom. The van der Waals surface area contributed by atoms with E-state index in [9.17, 15) is 4.79 Å². The molecular formula is C16H26N2O. The van der Waals surface area contributed by atoms with Crippen LogP contribution in [0.1, 0.15) is 46.0 Å². The van der Waals surface area contributed by atoms with Crippen molar-refractivity contribution < 1.29 is 4.79 Å². The maximum atomic E-state index is 12.5. The SMILES string of the molecule is CC1(C)CNCC(=O)N1C1C2CC3CC(C2)CC1C3. The van der Waals surface area contributed by atoms with E-state index in [1.54, 1.807) is 0 Å². The van der Waals surface area contributed by atoms with Crippen LogP contribution in [0.3, 0.4) is 0 Å². The number of rotatable bonds is 1. The number of carbonyl (C=O) groups excluding carboxylic acids is 1. The molecule has 0 aromatic rings. The molecule has 0 aromatic carbocycles. The van der Waals surface area contributed by atoms with Crippen LogP contribution in [0, 0.1) is 23.7 Å². The fourth-order valence-corrected chi connectivity index (χ4v) is 5.87. The number of hydrogen-bond acceptors (Lipinski definition) is 2. The number of nitrogens with one attached hydrogen (secondary N) is 1. The maximum absolute atomic E-state index is 12.5. The first-order valence-corrected chi connectivity index (χ1v) is 8.07. The topological polar surface area (TPSA) is 32.3 Å². The molecule has 3 nitrogen and oxygen atoms in total. The molecule has 4 aliphatic carbocycles. The number of carbonyl (C=O) groups is 1. The predicted octanol–water partition coefficient (Wildman–Crippen LogP) is 2.02. The van der Waals surface area contributed by atoms with E-state index >= 15 is 0 Å². The molecule has 3 heteroatoms. The molecule has 0 atom stereocenters. The molecular weight excluding hydrogens is 236 g/mol. The van der Waals surface area contributed by atoms with Crippen LogP contribution >= 0.6 is 0 Å². The van der Waals surface area contributed by atoms with Gasteiger partial charge in [-0.05, 0) is 69.6 Å². The Morgan fingerprint density at radius 1 is 1.05 bits per heavy atom. The lowest BCUT2D eigenvalue weighted by Gasteiger charge is -2.60. The highest BCUT2D eigenvalue weighted by Crippen LogP contribution is 2.56. The van der Waals surface area contributed by atoms with Gasteiger partial charge in [0.25, 0.3) is 0 Å². The van der Waals surface area contributed by atoms with Crippen LogP contribution in [0.15, 0.2) is 0 Å². The van der Waals surface area contributed by atoms with Gasteiger partial charge in [-0.25, -0.2) is 0 Å². The van der Waals surface area contributed by atoms with Crippen LogP contribution < -0.4 is 5.32 Å². The highest BCUT2D eigenvalue weighted by atomic mass is 16.2. The van der Waals surface area contributed by atoms with Crippen LogP contribution in [0.5, 0.6) is 0 Å². The summed E-state index contributed by atoms with van der Waals surface area (Å²) in [5, 5.41) is 3.29. The number of amides is 1.